The van der Waals surface area contributed by atoms with E-state index in [1.54, 1.807) is 13.0 Å². The van der Waals surface area contributed by atoms with Gasteiger partial charge in [-0.15, -0.1) is 0 Å². The van der Waals surface area contributed by atoms with Crippen molar-refractivity contribution in [1.29, 1.82) is 0 Å². The van der Waals surface area contributed by atoms with Gasteiger partial charge in [-0.1, -0.05) is 6.92 Å². The summed E-state index contributed by atoms with van der Waals surface area (Å²) >= 11 is 0. The number of halogens is 3. The third kappa shape index (κ3) is 2.18. The highest BCUT2D eigenvalue weighted by Crippen LogP contribution is 2.37. The van der Waals surface area contributed by atoms with E-state index in [1.165, 1.54) is 11.1 Å². The molecule has 3 rings (SSSR count). The number of nitrogens with one attached hydrogen (secondary N) is 1. The Morgan fingerprint density at radius 3 is 2.76 bits per heavy atom. The second kappa shape index (κ2) is 4.91. The van der Waals surface area contributed by atoms with Gasteiger partial charge in [-0.3, -0.25) is 14.8 Å². The van der Waals surface area contributed by atoms with Crippen molar-refractivity contribution >= 4 is 11.7 Å². The van der Waals surface area contributed by atoms with Crippen LogP contribution < -0.4 is 4.90 Å². The quantitative estimate of drug-likeness (QED) is 0.866. The van der Waals surface area contributed by atoms with Gasteiger partial charge in [0.05, 0.1) is 6.20 Å². The van der Waals surface area contributed by atoms with Crippen molar-refractivity contribution in [3.8, 4) is 0 Å². The molecule has 1 amide bonds. The van der Waals surface area contributed by atoms with Crippen molar-refractivity contribution in [2.75, 3.05) is 11.4 Å². The van der Waals surface area contributed by atoms with E-state index in [9.17, 15) is 18.0 Å². The number of carbonyl (C=O) groups is 1. The lowest BCUT2D eigenvalue weighted by Gasteiger charge is -2.15. The number of H-pyrrole nitrogens is 1. The molecular weight excluding hydrogens is 283 g/mol. The maximum atomic E-state index is 13.9. The molecule has 4 nitrogen and oxygen atoms in total. The SMILES string of the molecule is CC1C(=O)N(c2ccn[nH]2)CC1c1cc(F)cc(F)c1F. The minimum absolute atomic E-state index is 0.115. The molecule has 1 aliphatic heterocycles. The maximum absolute atomic E-state index is 13.9. The smallest absolute Gasteiger partial charge is 0.231 e. The fraction of sp³-hybridized carbons (Fsp3) is 0.286. The van der Waals surface area contributed by atoms with Crippen molar-refractivity contribution < 1.29 is 18.0 Å². The monoisotopic (exact) mass is 295 g/mol. The summed E-state index contributed by atoms with van der Waals surface area (Å²) in [6.07, 6.45) is 1.49. The largest absolute Gasteiger partial charge is 0.296 e. The van der Waals surface area contributed by atoms with E-state index in [4.69, 9.17) is 0 Å². The number of nitrogens with zero attached hydrogens (tertiary/aromatic N) is 2. The Morgan fingerprint density at radius 1 is 1.33 bits per heavy atom. The zero-order valence-electron chi connectivity index (χ0n) is 11.1. The summed E-state index contributed by atoms with van der Waals surface area (Å²) in [5.74, 6) is -4.17. The van der Waals surface area contributed by atoms with Crippen molar-refractivity contribution in [3.63, 3.8) is 0 Å². The predicted octanol–water partition coefficient (Wildman–Crippen LogP) is 2.59. The Morgan fingerprint density at radius 2 is 2.10 bits per heavy atom. The van der Waals surface area contributed by atoms with E-state index in [2.05, 4.69) is 10.2 Å². The van der Waals surface area contributed by atoms with Gasteiger partial charge >= 0.3 is 0 Å². The molecule has 0 saturated carbocycles. The number of hydrogen-bond donors (Lipinski definition) is 1. The van der Waals surface area contributed by atoms with Crippen LogP contribution in [-0.4, -0.2) is 22.6 Å². The van der Waals surface area contributed by atoms with E-state index in [1.807, 2.05) is 0 Å². The van der Waals surface area contributed by atoms with Gasteiger partial charge < -0.3 is 0 Å². The third-order valence-electron chi connectivity index (χ3n) is 3.84. The zero-order chi connectivity index (χ0) is 15.1. The molecule has 1 N–H and O–H groups in total. The van der Waals surface area contributed by atoms with E-state index in [-0.39, 0.29) is 18.0 Å². The molecule has 1 aromatic carbocycles. The van der Waals surface area contributed by atoms with Crippen molar-refractivity contribution in [1.82, 2.24) is 10.2 Å². The summed E-state index contributed by atoms with van der Waals surface area (Å²) in [6, 6.07) is 3.05. The molecule has 0 bridgehead atoms. The molecule has 2 heterocycles. The third-order valence-corrected chi connectivity index (χ3v) is 3.84. The molecule has 110 valence electrons. The van der Waals surface area contributed by atoms with E-state index in [0.717, 1.165) is 6.07 Å². The lowest BCUT2D eigenvalue weighted by Crippen LogP contribution is -2.26. The molecule has 1 fully saturated rings. The number of aromatic amines is 1. The minimum atomic E-state index is -1.25. The standard InChI is InChI=1S/C14H12F3N3O/c1-7-10(9-4-8(15)5-11(16)13(9)17)6-20(14(7)21)12-2-3-18-19-12/h2-5,7,10H,6H2,1H3,(H,18,19). The molecule has 1 aliphatic rings. The van der Waals surface area contributed by atoms with Crippen molar-refractivity contribution in [3.05, 3.63) is 47.4 Å². The van der Waals surface area contributed by atoms with Crippen LogP contribution in [0.1, 0.15) is 18.4 Å². The predicted molar refractivity (Wildman–Crippen MR) is 69.2 cm³/mol. The molecule has 0 aliphatic carbocycles. The molecule has 2 unspecified atom stereocenters. The van der Waals surface area contributed by atoms with Crippen LogP contribution in [0.5, 0.6) is 0 Å². The number of hydrogen-bond acceptors (Lipinski definition) is 2. The average Bonchev–Trinajstić information content (AvgIpc) is 3.05. The number of benzene rings is 1. The number of amides is 1. The van der Waals surface area contributed by atoms with Gasteiger partial charge in [0.15, 0.2) is 11.6 Å². The van der Waals surface area contributed by atoms with E-state index < -0.39 is 29.3 Å². The molecule has 2 aromatic rings. The molecule has 0 radical (unpaired) electrons. The molecule has 1 saturated heterocycles. The number of carbonyl (C=O) groups excluding carboxylic acids is 1. The minimum Gasteiger partial charge on any atom is -0.296 e. The second-order valence-corrected chi connectivity index (χ2v) is 5.08. The Labute approximate surface area is 118 Å². The first-order chi connectivity index (χ1) is 9.99. The first kappa shape index (κ1) is 13.7. The van der Waals surface area contributed by atoms with Gasteiger partial charge in [0, 0.05) is 30.5 Å². The average molecular weight is 295 g/mol. The van der Waals surface area contributed by atoms with Gasteiger partial charge in [0.1, 0.15) is 11.6 Å². The highest BCUT2D eigenvalue weighted by molar-refractivity contribution is 5.97. The summed E-state index contributed by atoms with van der Waals surface area (Å²) in [4.78, 5) is 13.6. The van der Waals surface area contributed by atoms with Crippen LogP contribution in [0.15, 0.2) is 24.4 Å². The van der Waals surface area contributed by atoms with Crippen molar-refractivity contribution in [2.24, 2.45) is 5.92 Å². The highest BCUT2D eigenvalue weighted by Gasteiger charge is 2.41. The molecule has 1 aromatic heterocycles. The lowest BCUT2D eigenvalue weighted by atomic mass is 9.89. The second-order valence-electron chi connectivity index (χ2n) is 5.08. The summed E-state index contributed by atoms with van der Waals surface area (Å²) in [7, 11) is 0. The van der Waals surface area contributed by atoms with Crippen molar-refractivity contribution in [2.45, 2.75) is 12.8 Å². The van der Waals surface area contributed by atoms with Crippen LogP contribution in [-0.2, 0) is 4.79 Å². The number of rotatable bonds is 2. The van der Waals surface area contributed by atoms with Crippen LogP contribution >= 0.6 is 0 Å². The van der Waals surface area contributed by atoms with Gasteiger partial charge in [-0.25, -0.2) is 13.2 Å². The normalized spacial score (nSPS) is 22.1. The summed E-state index contributed by atoms with van der Waals surface area (Å²) in [6.45, 7) is 1.76. The molecule has 21 heavy (non-hydrogen) atoms. The Balaban J connectivity index is 1.99. The van der Waals surface area contributed by atoms with Gasteiger partial charge in [0.2, 0.25) is 5.91 Å². The molecule has 0 spiro atoms. The first-order valence-corrected chi connectivity index (χ1v) is 6.44. The van der Waals surface area contributed by atoms with Crippen LogP contribution in [0, 0.1) is 23.4 Å². The van der Waals surface area contributed by atoms with Gasteiger partial charge in [-0.05, 0) is 11.6 Å². The maximum Gasteiger partial charge on any atom is 0.231 e. The topological polar surface area (TPSA) is 49.0 Å². The number of aromatic nitrogens is 2. The Hall–Kier alpha value is -2.31. The van der Waals surface area contributed by atoms with Crippen LogP contribution in [0.25, 0.3) is 0 Å². The van der Waals surface area contributed by atoms with Gasteiger partial charge in [-0.2, -0.15) is 5.10 Å². The van der Waals surface area contributed by atoms with E-state index >= 15 is 0 Å². The molecule has 7 heteroatoms. The van der Waals surface area contributed by atoms with Gasteiger partial charge in [0.25, 0.3) is 0 Å². The van der Waals surface area contributed by atoms with E-state index in [0.29, 0.717) is 11.9 Å². The Kier molecular flexibility index (Phi) is 3.19. The van der Waals surface area contributed by atoms with Crippen LogP contribution in [0.3, 0.4) is 0 Å². The zero-order valence-corrected chi connectivity index (χ0v) is 11.1. The fourth-order valence-electron chi connectivity index (χ4n) is 2.69. The number of anilines is 1. The Bertz CT molecular complexity index is 687. The first-order valence-electron chi connectivity index (χ1n) is 6.44. The van der Waals surface area contributed by atoms with Crippen LogP contribution in [0.4, 0.5) is 19.0 Å². The highest BCUT2D eigenvalue weighted by atomic mass is 19.2. The summed E-state index contributed by atoms with van der Waals surface area (Å²) < 4.78 is 40.6. The molecular formula is C14H12F3N3O. The fourth-order valence-corrected chi connectivity index (χ4v) is 2.69. The summed E-state index contributed by atoms with van der Waals surface area (Å²) in [5, 5.41) is 6.41. The lowest BCUT2D eigenvalue weighted by molar-refractivity contribution is -0.120. The molecule has 2 atom stereocenters. The summed E-state index contributed by atoms with van der Waals surface area (Å²) in [5.41, 5.74) is -0.115. The van der Waals surface area contributed by atoms with Crippen LogP contribution in [0.2, 0.25) is 0 Å².